The van der Waals surface area contributed by atoms with E-state index >= 15 is 0 Å². The van der Waals surface area contributed by atoms with Gasteiger partial charge in [-0.3, -0.25) is 0 Å². The van der Waals surface area contributed by atoms with E-state index in [-0.39, 0.29) is 0 Å². The van der Waals surface area contributed by atoms with E-state index in [2.05, 4.69) is 6.92 Å². The van der Waals surface area contributed by atoms with Gasteiger partial charge in [-0.05, 0) is 29.7 Å². The second-order valence-corrected chi connectivity index (χ2v) is 3.23. The largest absolute Gasteiger partial charge is 0.454 e. The Labute approximate surface area is 82.4 Å². The van der Waals surface area contributed by atoms with Crippen LogP contribution in [-0.2, 0) is 12.3 Å². The van der Waals surface area contributed by atoms with Crippen molar-refractivity contribution < 1.29 is 9.47 Å². The van der Waals surface area contributed by atoms with Gasteiger partial charge in [-0.2, -0.15) is 0 Å². The molecule has 0 unspecified atom stereocenters. The Morgan fingerprint density at radius 1 is 1.23 bits per heavy atom. The van der Waals surface area contributed by atoms with E-state index < -0.39 is 0 Å². The van der Waals surface area contributed by atoms with E-state index in [0.717, 1.165) is 23.5 Å². The lowest BCUT2D eigenvalue weighted by atomic mass is 10.1. The molecule has 3 heteroatoms. The number of alkyl halides is 1. The summed E-state index contributed by atoms with van der Waals surface area (Å²) in [5.74, 6) is 2.18. The number of hydrogen-bond donors (Lipinski definition) is 0. The van der Waals surface area contributed by atoms with Crippen molar-refractivity contribution in [1.29, 1.82) is 0 Å². The van der Waals surface area contributed by atoms with E-state index in [1.807, 2.05) is 12.1 Å². The molecule has 1 heterocycles. The predicted molar refractivity (Wildman–Crippen MR) is 51.5 cm³/mol. The molecule has 0 bridgehead atoms. The van der Waals surface area contributed by atoms with Gasteiger partial charge in [-0.1, -0.05) is 6.92 Å². The average Bonchev–Trinajstić information content (AvgIpc) is 2.62. The van der Waals surface area contributed by atoms with Crippen LogP contribution < -0.4 is 9.47 Å². The zero-order valence-electron chi connectivity index (χ0n) is 7.47. The molecule has 1 aliphatic rings. The van der Waals surface area contributed by atoms with Crippen LogP contribution in [0.4, 0.5) is 0 Å². The molecule has 0 atom stereocenters. The Balaban J connectivity index is 2.47. The van der Waals surface area contributed by atoms with Crippen LogP contribution in [0.2, 0.25) is 0 Å². The van der Waals surface area contributed by atoms with Crippen LogP contribution in [0.3, 0.4) is 0 Å². The molecule has 0 saturated carbocycles. The quantitative estimate of drug-likeness (QED) is 0.681. The Kier molecular flexibility index (Phi) is 2.32. The molecule has 0 aliphatic carbocycles. The van der Waals surface area contributed by atoms with Crippen molar-refractivity contribution in [2.24, 2.45) is 0 Å². The summed E-state index contributed by atoms with van der Waals surface area (Å²) >= 11 is 5.82. The second-order valence-electron chi connectivity index (χ2n) is 2.96. The first kappa shape index (κ1) is 8.70. The molecule has 0 radical (unpaired) electrons. The molecule has 0 aromatic heterocycles. The van der Waals surface area contributed by atoms with Crippen molar-refractivity contribution in [3.05, 3.63) is 23.3 Å². The van der Waals surface area contributed by atoms with Crippen LogP contribution in [0.5, 0.6) is 11.5 Å². The van der Waals surface area contributed by atoms with Gasteiger partial charge in [-0.25, -0.2) is 0 Å². The minimum atomic E-state index is 0.324. The summed E-state index contributed by atoms with van der Waals surface area (Å²) in [5.41, 5.74) is 2.37. The summed E-state index contributed by atoms with van der Waals surface area (Å²) in [6.45, 7) is 2.43. The molecule has 2 nitrogen and oxygen atoms in total. The summed E-state index contributed by atoms with van der Waals surface area (Å²) in [7, 11) is 0. The van der Waals surface area contributed by atoms with Crippen LogP contribution in [0.15, 0.2) is 12.1 Å². The molecule has 0 amide bonds. The van der Waals surface area contributed by atoms with Gasteiger partial charge in [0.2, 0.25) is 6.79 Å². The number of benzene rings is 1. The summed E-state index contributed by atoms with van der Waals surface area (Å²) < 4.78 is 10.5. The molecule has 0 N–H and O–H groups in total. The van der Waals surface area contributed by atoms with Gasteiger partial charge >= 0.3 is 0 Å². The number of aryl methyl sites for hydroxylation is 1. The summed E-state index contributed by atoms with van der Waals surface area (Å²) in [5, 5.41) is 0. The summed E-state index contributed by atoms with van der Waals surface area (Å²) in [4.78, 5) is 0. The van der Waals surface area contributed by atoms with Crippen molar-refractivity contribution in [2.45, 2.75) is 19.2 Å². The van der Waals surface area contributed by atoms with Crippen molar-refractivity contribution in [3.8, 4) is 11.5 Å². The zero-order chi connectivity index (χ0) is 9.26. The Morgan fingerprint density at radius 3 is 2.38 bits per heavy atom. The molecule has 70 valence electrons. The highest BCUT2D eigenvalue weighted by atomic mass is 35.5. The molecular formula is C10H11ClO2. The van der Waals surface area contributed by atoms with Gasteiger partial charge in [0.05, 0.1) is 0 Å². The number of rotatable bonds is 2. The lowest BCUT2D eigenvalue weighted by Crippen LogP contribution is -1.92. The molecular weight excluding hydrogens is 188 g/mol. The van der Waals surface area contributed by atoms with Gasteiger partial charge in [-0.15, -0.1) is 11.6 Å². The molecule has 0 spiro atoms. The fourth-order valence-electron chi connectivity index (χ4n) is 1.48. The fraction of sp³-hybridized carbons (Fsp3) is 0.400. The number of hydrogen-bond acceptors (Lipinski definition) is 2. The lowest BCUT2D eigenvalue weighted by Gasteiger charge is -2.05. The van der Waals surface area contributed by atoms with E-state index in [1.54, 1.807) is 0 Å². The third kappa shape index (κ3) is 1.46. The fourth-order valence-corrected chi connectivity index (χ4v) is 1.73. The highest BCUT2D eigenvalue weighted by molar-refractivity contribution is 6.17. The SMILES string of the molecule is CCc1cc2c(cc1CCl)OCO2. The highest BCUT2D eigenvalue weighted by Crippen LogP contribution is 2.35. The van der Waals surface area contributed by atoms with Gasteiger partial charge < -0.3 is 9.47 Å². The maximum absolute atomic E-state index is 5.82. The van der Waals surface area contributed by atoms with Crippen LogP contribution in [0.25, 0.3) is 0 Å². The number of fused-ring (bicyclic) bond motifs is 1. The third-order valence-electron chi connectivity index (χ3n) is 2.22. The topological polar surface area (TPSA) is 18.5 Å². The van der Waals surface area contributed by atoms with Gasteiger partial charge in [0.25, 0.3) is 0 Å². The van der Waals surface area contributed by atoms with E-state index in [9.17, 15) is 0 Å². The number of halogens is 1. The second kappa shape index (κ2) is 3.46. The zero-order valence-corrected chi connectivity index (χ0v) is 8.23. The maximum atomic E-state index is 5.82. The van der Waals surface area contributed by atoms with E-state index in [1.165, 1.54) is 5.56 Å². The van der Waals surface area contributed by atoms with E-state index in [4.69, 9.17) is 21.1 Å². The molecule has 13 heavy (non-hydrogen) atoms. The standard InChI is InChI=1S/C10H11ClO2/c1-2-7-3-9-10(13-6-12-9)4-8(7)5-11/h3-4H,2,5-6H2,1H3. The Hall–Kier alpha value is -0.890. The van der Waals surface area contributed by atoms with Crippen LogP contribution in [0, 0.1) is 0 Å². The predicted octanol–water partition coefficient (Wildman–Crippen LogP) is 2.72. The summed E-state index contributed by atoms with van der Waals surface area (Å²) in [6.07, 6.45) is 0.971. The average molecular weight is 199 g/mol. The first-order chi connectivity index (χ1) is 6.35. The smallest absolute Gasteiger partial charge is 0.231 e. The van der Waals surface area contributed by atoms with Crippen LogP contribution >= 0.6 is 11.6 Å². The maximum Gasteiger partial charge on any atom is 0.231 e. The van der Waals surface area contributed by atoms with Crippen molar-refractivity contribution >= 4 is 11.6 Å². The first-order valence-electron chi connectivity index (χ1n) is 4.32. The molecule has 1 aromatic carbocycles. The molecule has 1 aliphatic heterocycles. The highest BCUT2D eigenvalue weighted by Gasteiger charge is 2.15. The van der Waals surface area contributed by atoms with Crippen molar-refractivity contribution in [2.75, 3.05) is 6.79 Å². The van der Waals surface area contributed by atoms with Crippen LogP contribution in [0.1, 0.15) is 18.1 Å². The molecule has 0 saturated heterocycles. The minimum Gasteiger partial charge on any atom is -0.454 e. The lowest BCUT2D eigenvalue weighted by molar-refractivity contribution is 0.174. The van der Waals surface area contributed by atoms with Crippen LogP contribution in [-0.4, -0.2) is 6.79 Å². The Morgan fingerprint density at radius 2 is 1.85 bits per heavy atom. The normalized spacial score (nSPS) is 13.4. The van der Waals surface area contributed by atoms with Crippen molar-refractivity contribution in [1.82, 2.24) is 0 Å². The Bertz CT molecular complexity index is 292. The van der Waals surface area contributed by atoms with Gasteiger partial charge in [0, 0.05) is 5.88 Å². The minimum absolute atomic E-state index is 0.324. The monoisotopic (exact) mass is 198 g/mol. The first-order valence-corrected chi connectivity index (χ1v) is 4.86. The van der Waals surface area contributed by atoms with Crippen molar-refractivity contribution in [3.63, 3.8) is 0 Å². The summed E-state index contributed by atoms with van der Waals surface area (Å²) in [6, 6.07) is 3.98. The molecule has 1 aromatic rings. The third-order valence-corrected chi connectivity index (χ3v) is 2.51. The van der Waals surface area contributed by atoms with Gasteiger partial charge in [0.1, 0.15) is 0 Å². The number of ether oxygens (including phenoxy) is 2. The van der Waals surface area contributed by atoms with E-state index in [0.29, 0.717) is 12.7 Å². The molecule has 0 fully saturated rings. The van der Waals surface area contributed by atoms with Gasteiger partial charge in [0.15, 0.2) is 11.5 Å². The molecule has 2 rings (SSSR count).